The number of amides is 1. The molecule has 2 aliphatic heterocycles. The van der Waals surface area contributed by atoms with Crippen molar-refractivity contribution in [2.45, 2.75) is 18.9 Å². The van der Waals surface area contributed by atoms with Crippen LogP contribution in [-0.4, -0.2) is 61.6 Å². The summed E-state index contributed by atoms with van der Waals surface area (Å²) in [6, 6.07) is 9.34. The van der Waals surface area contributed by atoms with Crippen molar-refractivity contribution in [1.29, 1.82) is 5.26 Å². The Morgan fingerprint density at radius 2 is 2.09 bits per heavy atom. The van der Waals surface area contributed by atoms with Gasteiger partial charge in [-0.1, -0.05) is 12.1 Å². The number of carbonyl (C=O) groups is 1. The molecular weight excluding hydrogens is 290 g/mol. The monoisotopic (exact) mass is 313 g/mol. The first kappa shape index (κ1) is 16.0. The highest BCUT2D eigenvalue weighted by Crippen LogP contribution is 2.24. The SMILES string of the molecule is CN1CCOC2CN(C(=O)Cc3ccc(C#N)cc3)CCC2C1. The lowest BCUT2D eigenvalue weighted by Crippen LogP contribution is -2.49. The molecule has 5 nitrogen and oxygen atoms in total. The van der Waals surface area contributed by atoms with Crippen molar-refractivity contribution < 1.29 is 9.53 Å². The van der Waals surface area contributed by atoms with Crippen LogP contribution in [-0.2, 0) is 16.0 Å². The Morgan fingerprint density at radius 3 is 2.83 bits per heavy atom. The number of ether oxygens (including phenoxy) is 1. The van der Waals surface area contributed by atoms with Gasteiger partial charge in [-0.2, -0.15) is 5.26 Å². The number of piperidine rings is 1. The fourth-order valence-electron chi connectivity index (χ4n) is 3.42. The smallest absolute Gasteiger partial charge is 0.227 e. The number of carbonyl (C=O) groups excluding carboxylic acids is 1. The second kappa shape index (κ2) is 7.12. The molecule has 2 fully saturated rings. The van der Waals surface area contributed by atoms with E-state index in [4.69, 9.17) is 10.00 Å². The lowest BCUT2D eigenvalue weighted by atomic mass is 9.93. The number of benzene rings is 1. The molecule has 2 aliphatic rings. The zero-order valence-corrected chi connectivity index (χ0v) is 13.6. The van der Waals surface area contributed by atoms with Gasteiger partial charge >= 0.3 is 0 Å². The molecule has 1 amide bonds. The van der Waals surface area contributed by atoms with Gasteiger partial charge in [0.2, 0.25) is 5.91 Å². The number of fused-ring (bicyclic) bond motifs is 1. The number of rotatable bonds is 2. The van der Waals surface area contributed by atoms with E-state index >= 15 is 0 Å². The minimum atomic E-state index is 0.148. The Balaban J connectivity index is 1.59. The van der Waals surface area contributed by atoms with Crippen LogP contribution in [0.3, 0.4) is 0 Å². The van der Waals surface area contributed by atoms with E-state index < -0.39 is 0 Å². The third-order valence-electron chi connectivity index (χ3n) is 4.84. The summed E-state index contributed by atoms with van der Waals surface area (Å²) < 4.78 is 5.97. The first-order valence-corrected chi connectivity index (χ1v) is 8.22. The Labute approximate surface area is 137 Å². The number of likely N-dealkylation sites (N-methyl/N-ethyl adjacent to an activating group) is 1. The van der Waals surface area contributed by atoms with Crippen molar-refractivity contribution >= 4 is 5.91 Å². The molecule has 5 heteroatoms. The molecule has 3 rings (SSSR count). The van der Waals surface area contributed by atoms with Crippen molar-refractivity contribution in [1.82, 2.24) is 9.80 Å². The zero-order chi connectivity index (χ0) is 16.2. The van der Waals surface area contributed by atoms with E-state index in [1.807, 2.05) is 17.0 Å². The second-order valence-electron chi connectivity index (χ2n) is 6.55. The molecule has 2 heterocycles. The second-order valence-corrected chi connectivity index (χ2v) is 6.55. The van der Waals surface area contributed by atoms with Crippen LogP contribution in [0.15, 0.2) is 24.3 Å². The number of nitriles is 1. The number of hydrogen-bond donors (Lipinski definition) is 0. The van der Waals surface area contributed by atoms with E-state index in [0.717, 1.165) is 38.2 Å². The maximum absolute atomic E-state index is 12.5. The van der Waals surface area contributed by atoms with E-state index in [-0.39, 0.29) is 12.0 Å². The van der Waals surface area contributed by atoms with Gasteiger partial charge in [0.05, 0.1) is 30.8 Å². The molecule has 23 heavy (non-hydrogen) atoms. The average molecular weight is 313 g/mol. The lowest BCUT2D eigenvalue weighted by molar-refractivity contribution is -0.136. The molecule has 0 bridgehead atoms. The van der Waals surface area contributed by atoms with Crippen LogP contribution < -0.4 is 0 Å². The topological polar surface area (TPSA) is 56.6 Å². The van der Waals surface area contributed by atoms with E-state index in [0.29, 0.717) is 24.4 Å². The molecule has 1 aromatic carbocycles. The Hall–Kier alpha value is -1.90. The van der Waals surface area contributed by atoms with Crippen LogP contribution >= 0.6 is 0 Å². The van der Waals surface area contributed by atoms with Crippen LogP contribution in [0.25, 0.3) is 0 Å². The number of nitrogens with zero attached hydrogens (tertiary/aromatic N) is 3. The van der Waals surface area contributed by atoms with Crippen LogP contribution in [0.2, 0.25) is 0 Å². The van der Waals surface area contributed by atoms with E-state index in [1.165, 1.54) is 0 Å². The van der Waals surface area contributed by atoms with Crippen LogP contribution in [0.4, 0.5) is 0 Å². The Kier molecular flexibility index (Phi) is 4.94. The van der Waals surface area contributed by atoms with Crippen molar-refractivity contribution in [3.05, 3.63) is 35.4 Å². The maximum Gasteiger partial charge on any atom is 0.227 e. The van der Waals surface area contributed by atoms with Gasteiger partial charge in [-0.3, -0.25) is 4.79 Å². The van der Waals surface area contributed by atoms with Gasteiger partial charge in [-0.05, 0) is 31.2 Å². The van der Waals surface area contributed by atoms with Crippen molar-refractivity contribution in [2.24, 2.45) is 5.92 Å². The van der Waals surface area contributed by atoms with Gasteiger partial charge in [0.15, 0.2) is 0 Å². The number of likely N-dealkylation sites (tertiary alicyclic amines) is 1. The molecule has 122 valence electrons. The van der Waals surface area contributed by atoms with E-state index in [2.05, 4.69) is 18.0 Å². The predicted octanol–water partition coefficient (Wildman–Crippen LogP) is 1.28. The van der Waals surface area contributed by atoms with Crippen molar-refractivity contribution in [3.8, 4) is 6.07 Å². The minimum Gasteiger partial charge on any atom is -0.375 e. The molecule has 2 unspecified atom stereocenters. The summed E-state index contributed by atoms with van der Waals surface area (Å²) in [7, 11) is 2.13. The van der Waals surface area contributed by atoms with Gasteiger partial charge in [-0.15, -0.1) is 0 Å². The fourth-order valence-corrected chi connectivity index (χ4v) is 3.42. The highest BCUT2D eigenvalue weighted by atomic mass is 16.5. The summed E-state index contributed by atoms with van der Waals surface area (Å²) in [6.07, 6.45) is 1.57. The van der Waals surface area contributed by atoms with Crippen LogP contribution in [0.5, 0.6) is 0 Å². The predicted molar refractivity (Wildman–Crippen MR) is 86.8 cm³/mol. The van der Waals surface area contributed by atoms with Gasteiger partial charge in [0, 0.05) is 32.1 Å². The van der Waals surface area contributed by atoms with Crippen molar-refractivity contribution in [3.63, 3.8) is 0 Å². The maximum atomic E-state index is 12.5. The largest absolute Gasteiger partial charge is 0.375 e. The highest BCUT2D eigenvalue weighted by molar-refractivity contribution is 5.79. The normalized spacial score (nSPS) is 25.3. The molecule has 0 spiro atoms. The van der Waals surface area contributed by atoms with Gasteiger partial charge < -0.3 is 14.5 Å². The molecule has 0 radical (unpaired) electrons. The highest BCUT2D eigenvalue weighted by Gasteiger charge is 2.34. The molecule has 0 saturated carbocycles. The summed E-state index contributed by atoms with van der Waals surface area (Å²) in [6.45, 7) is 4.28. The summed E-state index contributed by atoms with van der Waals surface area (Å²) in [5, 5.41) is 8.82. The summed E-state index contributed by atoms with van der Waals surface area (Å²) in [4.78, 5) is 16.8. The minimum absolute atomic E-state index is 0.148. The lowest BCUT2D eigenvalue weighted by Gasteiger charge is -2.37. The molecule has 2 atom stereocenters. The molecule has 0 aromatic heterocycles. The average Bonchev–Trinajstić information content (AvgIpc) is 2.75. The summed E-state index contributed by atoms with van der Waals surface area (Å²) >= 11 is 0. The van der Waals surface area contributed by atoms with E-state index in [9.17, 15) is 4.79 Å². The molecule has 0 aliphatic carbocycles. The first-order chi connectivity index (χ1) is 11.2. The van der Waals surface area contributed by atoms with Gasteiger partial charge in [-0.25, -0.2) is 0 Å². The van der Waals surface area contributed by atoms with Gasteiger partial charge in [0.25, 0.3) is 0 Å². The summed E-state index contributed by atoms with van der Waals surface area (Å²) in [5.41, 5.74) is 1.58. The molecular formula is C18H23N3O2. The Bertz CT molecular complexity index is 593. The fraction of sp³-hybridized carbons (Fsp3) is 0.556. The standard InChI is InChI=1S/C18H23N3O2/c1-20-8-9-23-17-13-21(7-6-16(17)12-20)18(22)10-14-2-4-15(11-19)5-3-14/h2-5,16-17H,6-10,12-13H2,1H3. The molecule has 2 saturated heterocycles. The molecule has 1 aromatic rings. The zero-order valence-electron chi connectivity index (χ0n) is 13.6. The quantitative estimate of drug-likeness (QED) is 0.825. The third kappa shape index (κ3) is 3.90. The van der Waals surface area contributed by atoms with E-state index in [1.54, 1.807) is 12.1 Å². The Morgan fingerprint density at radius 1 is 1.30 bits per heavy atom. The van der Waals surface area contributed by atoms with Crippen LogP contribution in [0.1, 0.15) is 17.5 Å². The summed E-state index contributed by atoms with van der Waals surface area (Å²) in [5.74, 6) is 0.677. The number of hydrogen-bond acceptors (Lipinski definition) is 4. The third-order valence-corrected chi connectivity index (χ3v) is 4.84. The molecule has 0 N–H and O–H groups in total. The van der Waals surface area contributed by atoms with Crippen LogP contribution in [0, 0.1) is 17.2 Å². The van der Waals surface area contributed by atoms with Crippen molar-refractivity contribution in [2.75, 3.05) is 39.8 Å². The first-order valence-electron chi connectivity index (χ1n) is 8.22. The van der Waals surface area contributed by atoms with Gasteiger partial charge in [0.1, 0.15) is 0 Å².